The van der Waals surface area contributed by atoms with Crippen LogP contribution in [0.3, 0.4) is 0 Å². The Balaban J connectivity index is 1.92. The van der Waals surface area contributed by atoms with Crippen molar-refractivity contribution in [1.29, 1.82) is 0 Å². The second-order valence-electron chi connectivity index (χ2n) is 5.09. The molecule has 3 rings (SSSR count). The van der Waals surface area contributed by atoms with Gasteiger partial charge in [-0.15, -0.1) is 0 Å². The molecule has 2 nitrogen and oxygen atoms in total. The maximum Gasteiger partial charge on any atom is 0.159 e. The summed E-state index contributed by atoms with van der Waals surface area (Å²) in [5.41, 5.74) is 3.40. The van der Waals surface area contributed by atoms with Gasteiger partial charge in [0.25, 0.3) is 0 Å². The molecule has 0 N–H and O–H groups in total. The van der Waals surface area contributed by atoms with Crippen LogP contribution in [-0.4, -0.2) is 10.8 Å². The molecule has 0 saturated heterocycles. The molecule has 3 heteroatoms. The summed E-state index contributed by atoms with van der Waals surface area (Å²) in [5.74, 6) is 0.0636. The van der Waals surface area contributed by atoms with Crippen LogP contribution in [0.2, 0.25) is 5.02 Å². The molecule has 22 heavy (non-hydrogen) atoms. The predicted octanol–water partition coefficient (Wildman–Crippen LogP) is 5.26. The van der Waals surface area contributed by atoms with Crippen molar-refractivity contribution in [2.24, 2.45) is 0 Å². The van der Waals surface area contributed by atoms with Crippen molar-refractivity contribution in [3.8, 4) is 0 Å². The van der Waals surface area contributed by atoms with E-state index in [2.05, 4.69) is 4.98 Å². The number of hydrogen-bond acceptors (Lipinski definition) is 2. The van der Waals surface area contributed by atoms with Crippen molar-refractivity contribution in [3.63, 3.8) is 0 Å². The number of carbonyl (C=O) groups excluding carboxylic acids is 1. The van der Waals surface area contributed by atoms with E-state index in [1.807, 2.05) is 66.7 Å². The van der Waals surface area contributed by atoms with Crippen LogP contribution >= 0.6 is 11.6 Å². The average molecular weight is 308 g/mol. The monoisotopic (exact) mass is 307 g/mol. The summed E-state index contributed by atoms with van der Waals surface area (Å²) in [6.45, 7) is 1.57. The smallest absolute Gasteiger partial charge is 0.159 e. The first-order chi connectivity index (χ1) is 10.6. The van der Waals surface area contributed by atoms with E-state index in [-0.39, 0.29) is 5.78 Å². The number of hydrogen-bond donors (Lipinski definition) is 0. The fourth-order valence-electron chi connectivity index (χ4n) is 2.24. The molecular formula is C19H14ClNO. The van der Waals surface area contributed by atoms with E-state index < -0.39 is 0 Å². The van der Waals surface area contributed by atoms with Gasteiger partial charge in [-0.05, 0) is 42.8 Å². The van der Waals surface area contributed by atoms with Gasteiger partial charge in [-0.3, -0.25) is 4.79 Å². The number of ketones is 1. The highest BCUT2D eigenvalue weighted by atomic mass is 35.5. The molecule has 0 unspecified atom stereocenters. The van der Waals surface area contributed by atoms with Crippen LogP contribution in [0, 0.1) is 0 Å². The number of rotatable bonds is 3. The summed E-state index contributed by atoms with van der Waals surface area (Å²) >= 11 is 6.00. The lowest BCUT2D eigenvalue weighted by Gasteiger charge is -2.00. The van der Waals surface area contributed by atoms with Crippen LogP contribution in [0.4, 0.5) is 0 Å². The minimum absolute atomic E-state index is 0.0636. The fraction of sp³-hybridized carbons (Fsp3) is 0.0526. The first-order valence-corrected chi connectivity index (χ1v) is 7.35. The molecule has 0 aliphatic carbocycles. The van der Waals surface area contributed by atoms with Gasteiger partial charge < -0.3 is 0 Å². The molecular weight excluding hydrogens is 294 g/mol. The quantitative estimate of drug-likeness (QED) is 0.618. The van der Waals surface area contributed by atoms with Crippen molar-refractivity contribution in [2.45, 2.75) is 6.92 Å². The maximum atomic E-state index is 11.4. The Morgan fingerprint density at radius 1 is 1.05 bits per heavy atom. The lowest BCUT2D eigenvalue weighted by Crippen LogP contribution is -1.91. The Bertz CT molecular complexity index is 883. The minimum Gasteiger partial charge on any atom is -0.295 e. The van der Waals surface area contributed by atoms with Crippen LogP contribution in [0.1, 0.15) is 28.5 Å². The van der Waals surface area contributed by atoms with Gasteiger partial charge in [0.15, 0.2) is 5.78 Å². The summed E-state index contributed by atoms with van der Waals surface area (Å²) in [6.07, 6.45) is 3.88. The Hall–Kier alpha value is -2.45. The molecule has 2 aromatic carbocycles. The first-order valence-electron chi connectivity index (χ1n) is 6.97. The highest BCUT2D eigenvalue weighted by molar-refractivity contribution is 6.31. The molecule has 0 saturated carbocycles. The van der Waals surface area contributed by atoms with E-state index in [0.717, 1.165) is 22.2 Å². The predicted molar refractivity (Wildman–Crippen MR) is 92.1 cm³/mol. The Morgan fingerprint density at radius 2 is 1.86 bits per heavy atom. The number of aromatic nitrogens is 1. The Kier molecular flexibility index (Phi) is 4.03. The van der Waals surface area contributed by atoms with Gasteiger partial charge in [-0.1, -0.05) is 48.0 Å². The molecule has 108 valence electrons. The lowest BCUT2D eigenvalue weighted by molar-refractivity contribution is 0.101. The highest BCUT2D eigenvalue weighted by Gasteiger charge is 1.99. The summed E-state index contributed by atoms with van der Waals surface area (Å²) in [5, 5.41) is 1.73. The molecule has 0 fully saturated rings. The minimum atomic E-state index is 0.0636. The summed E-state index contributed by atoms with van der Waals surface area (Å²) in [6, 6.07) is 17.2. The van der Waals surface area contributed by atoms with Crippen LogP contribution in [0.5, 0.6) is 0 Å². The van der Waals surface area contributed by atoms with Gasteiger partial charge in [-0.25, -0.2) is 4.98 Å². The van der Waals surface area contributed by atoms with Crippen molar-refractivity contribution in [3.05, 3.63) is 76.4 Å². The number of carbonyl (C=O) groups is 1. The molecule has 3 aromatic rings. The zero-order valence-electron chi connectivity index (χ0n) is 12.1. The molecule has 0 atom stereocenters. The normalized spacial score (nSPS) is 11.2. The molecule has 0 radical (unpaired) electrons. The number of halogens is 1. The average Bonchev–Trinajstić information content (AvgIpc) is 2.52. The number of nitrogens with zero attached hydrogens (tertiary/aromatic N) is 1. The van der Waals surface area contributed by atoms with E-state index in [1.165, 1.54) is 0 Å². The molecule has 0 amide bonds. The zero-order valence-corrected chi connectivity index (χ0v) is 12.8. The van der Waals surface area contributed by atoms with Crippen molar-refractivity contribution in [1.82, 2.24) is 4.98 Å². The summed E-state index contributed by atoms with van der Waals surface area (Å²) in [7, 11) is 0. The van der Waals surface area contributed by atoms with Crippen LogP contribution in [0.25, 0.3) is 23.1 Å². The van der Waals surface area contributed by atoms with Gasteiger partial charge in [0, 0.05) is 16.0 Å². The van der Waals surface area contributed by atoms with E-state index >= 15 is 0 Å². The van der Waals surface area contributed by atoms with Crippen LogP contribution in [0.15, 0.2) is 54.6 Å². The standard InChI is InChI=1S/C19H14ClNO/c1-13(22)16-4-2-3-14(11-16)5-9-18-10-7-15-6-8-17(20)12-19(15)21-18/h2-12H,1H3. The number of Topliss-reactive ketones (excluding diaryl/α,β-unsaturated/α-hetero) is 1. The molecule has 0 aliphatic rings. The Morgan fingerprint density at radius 3 is 2.68 bits per heavy atom. The molecule has 1 aromatic heterocycles. The Labute approximate surface area is 134 Å². The van der Waals surface area contributed by atoms with Gasteiger partial charge in [-0.2, -0.15) is 0 Å². The zero-order chi connectivity index (χ0) is 15.5. The van der Waals surface area contributed by atoms with Crippen LogP contribution < -0.4 is 0 Å². The third-order valence-corrected chi connectivity index (χ3v) is 3.65. The molecule has 1 heterocycles. The topological polar surface area (TPSA) is 30.0 Å². The van der Waals surface area contributed by atoms with Crippen LogP contribution in [-0.2, 0) is 0 Å². The number of fused-ring (bicyclic) bond motifs is 1. The van der Waals surface area contributed by atoms with Gasteiger partial charge >= 0.3 is 0 Å². The second kappa shape index (κ2) is 6.12. The van der Waals surface area contributed by atoms with Gasteiger partial charge in [0.2, 0.25) is 0 Å². The molecule has 0 bridgehead atoms. The van der Waals surface area contributed by atoms with E-state index in [4.69, 9.17) is 11.6 Å². The number of benzene rings is 2. The lowest BCUT2D eigenvalue weighted by atomic mass is 10.1. The third-order valence-electron chi connectivity index (χ3n) is 3.42. The summed E-state index contributed by atoms with van der Waals surface area (Å²) in [4.78, 5) is 16.0. The number of pyridine rings is 1. The van der Waals surface area contributed by atoms with Crippen molar-refractivity contribution in [2.75, 3.05) is 0 Å². The van der Waals surface area contributed by atoms with E-state index in [9.17, 15) is 4.79 Å². The highest BCUT2D eigenvalue weighted by Crippen LogP contribution is 2.19. The van der Waals surface area contributed by atoms with E-state index in [0.29, 0.717) is 10.6 Å². The largest absolute Gasteiger partial charge is 0.295 e. The van der Waals surface area contributed by atoms with E-state index in [1.54, 1.807) is 6.92 Å². The summed E-state index contributed by atoms with van der Waals surface area (Å²) < 4.78 is 0. The second-order valence-corrected chi connectivity index (χ2v) is 5.52. The van der Waals surface area contributed by atoms with Gasteiger partial charge in [0.05, 0.1) is 11.2 Å². The molecule has 0 spiro atoms. The van der Waals surface area contributed by atoms with Crippen molar-refractivity contribution < 1.29 is 4.79 Å². The SMILES string of the molecule is CC(=O)c1cccc(C=Cc2ccc3ccc(Cl)cc3n2)c1. The van der Waals surface area contributed by atoms with Crippen molar-refractivity contribution >= 4 is 40.4 Å². The maximum absolute atomic E-state index is 11.4. The van der Waals surface area contributed by atoms with Gasteiger partial charge in [0.1, 0.15) is 0 Å². The molecule has 0 aliphatic heterocycles. The first kappa shape index (κ1) is 14.5. The fourth-order valence-corrected chi connectivity index (χ4v) is 2.41. The third kappa shape index (κ3) is 3.23.